The fourth-order valence-corrected chi connectivity index (χ4v) is 0. The van der Waals surface area contributed by atoms with Gasteiger partial charge >= 0.3 is 23.9 Å². The molecule has 0 saturated carbocycles. The van der Waals surface area contributed by atoms with E-state index in [9.17, 15) is 0 Å². The molecular weight excluding hydrogens is 349 g/mol. The quantitative estimate of drug-likeness (QED) is 0.496. The predicted molar refractivity (Wildman–Crippen MR) is 8.54 cm³/mol. The molecule has 0 N–H and O–H groups in total. The molecule has 0 aliphatic rings. The molecule has 0 spiro atoms. The third-order valence-corrected chi connectivity index (χ3v) is 0. The van der Waals surface area contributed by atoms with E-state index >= 15 is 0 Å². The standard InChI is InChI=1S/Cr.Cu.Fe.Ni.Sn.2H. The van der Waals surface area contributed by atoms with Crippen LogP contribution in [0.1, 0.15) is 0 Å². The van der Waals surface area contributed by atoms with Gasteiger partial charge in [0.25, 0.3) is 0 Å². The van der Waals surface area contributed by atoms with Crippen molar-refractivity contribution < 1.29 is 68.0 Å². The molecule has 0 nitrogen and oxygen atoms in total. The molecule has 0 aromatic heterocycles. The summed E-state index contributed by atoms with van der Waals surface area (Å²) in [6.07, 6.45) is 0. The molecule has 0 aromatic rings. The molecule has 41 valence electrons. The maximum atomic E-state index is 0. The van der Waals surface area contributed by atoms with E-state index in [0.29, 0.717) is 0 Å². The molecule has 0 rings (SSSR count). The molecule has 0 atom stereocenters. The SMILES string of the molecule is [Cr].[Cu].[Fe].[Ni].[SnH2]. The van der Waals surface area contributed by atoms with E-state index in [-0.39, 0.29) is 91.9 Å². The second-order valence-corrected chi connectivity index (χ2v) is 0. The van der Waals surface area contributed by atoms with Gasteiger partial charge in [0.05, 0.1) is 0 Å². The average molecular weight is 351 g/mol. The Balaban J connectivity index is 0. The Bertz CT molecular complexity index is 11.6. The van der Waals surface area contributed by atoms with Crippen LogP contribution in [0.15, 0.2) is 0 Å². The van der Waals surface area contributed by atoms with Crippen molar-refractivity contribution in [2.24, 2.45) is 0 Å². The van der Waals surface area contributed by atoms with Crippen LogP contribution in [0, 0.1) is 0 Å². The van der Waals surface area contributed by atoms with Gasteiger partial charge in [0, 0.05) is 68.0 Å². The molecule has 0 fully saturated rings. The number of rotatable bonds is 0. The number of hydrogen-bond acceptors (Lipinski definition) is 0. The fraction of sp³-hybridized carbons (Fsp3) is 0. The van der Waals surface area contributed by atoms with Gasteiger partial charge in [0.1, 0.15) is 0 Å². The molecule has 0 heterocycles. The molecule has 0 saturated heterocycles. The monoisotopic (exact) mass is 351 g/mol. The van der Waals surface area contributed by atoms with Crippen molar-refractivity contribution in [2.45, 2.75) is 0 Å². The van der Waals surface area contributed by atoms with Crippen molar-refractivity contribution in [1.29, 1.82) is 0 Å². The van der Waals surface area contributed by atoms with Gasteiger partial charge in [-0.25, -0.2) is 0 Å². The zero-order valence-electron chi connectivity index (χ0n) is 2.09. The third-order valence-electron chi connectivity index (χ3n) is 0. The normalized spacial score (nSPS) is 0. The summed E-state index contributed by atoms with van der Waals surface area (Å²) in [6, 6.07) is 0. The van der Waals surface area contributed by atoms with Crippen LogP contribution in [0.4, 0.5) is 0 Å². The molecule has 3 radical (unpaired) electrons. The summed E-state index contributed by atoms with van der Waals surface area (Å²) in [6.45, 7) is 0. The van der Waals surface area contributed by atoms with Gasteiger partial charge in [-0.2, -0.15) is 0 Å². The Morgan fingerprint density at radius 1 is 1.00 bits per heavy atom. The van der Waals surface area contributed by atoms with E-state index in [2.05, 4.69) is 0 Å². The summed E-state index contributed by atoms with van der Waals surface area (Å²) in [5.41, 5.74) is 0. The minimum absolute atomic E-state index is 0. The van der Waals surface area contributed by atoms with Gasteiger partial charge in [-0.3, -0.25) is 0 Å². The van der Waals surface area contributed by atoms with Crippen LogP contribution in [-0.2, 0) is 68.0 Å². The van der Waals surface area contributed by atoms with Crippen LogP contribution in [-0.4, -0.2) is 23.9 Å². The van der Waals surface area contributed by atoms with Crippen LogP contribution >= 0.6 is 0 Å². The second kappa shape index (κ2) is 28.8. The Morgan fingerprint density at radius 2 is 1.00 bits per heavy atom. The van der Waals surface area contributed by atoms with Gasteiger partial charge in [-0.15, -0.1) is 0 Å². The maximum absolute atomic E-state index is 0. The first-order valence-electron chi connectivity index (χ1n) is 0. The molecule has 0 aliphatic heterocycles. The molecular formula is H2CrCuFeNiSn. The predicted octanol–water partition coefficient (Wildman–Crippen LogP) is -0.926. The van der Waals surface area contributed by atoms with Crippen molar-refractivity contribution in [1.82, 2.24) is 0 Å². The molecule has 0 amide bonds. The fourth-order valence-electron chi connectivity index (χ4n) is 0. The van der Waals surface area contributed by atoms with E-state index in [1.54, 1.807) is 0 Å². The van der Waals surface area contributed by atoms with Gasteiger partial charge in [0.15, 0.2) is 0 Å². The third kappa shape index (κ3) is 19.8. The first-order valence-corrected chi connectivity index (χ1v) is 0. The van der Waals surface area contributed by atoms with Crippen molar-refractivity contribution in [3.05, 3.63) is 0 Å². The first-order chi connectivity index (χ1) is 0. The molecule has 0 aliphatic carbocycles. The summed E-state index contributed by atoms with van der Waals surface area (Å²) in [5.74, 6) is 0. The summed E-state index contributed by atoms with van der Waals surface area (Å²) < 4.78 is 0. The Hall–Kier alpha value is 2.86. The van der Waals surface area contributed by atoms with E-state index in [0.717, 1.165) is 0 Å². The molecule has 5 heavy (non-hydrogen) atoms. The second-order valence-electron chi connectivity index (χ2n) is 0. The van der Waals surface area contributed by atoms with Gasteiger partial charge in [-0.05, 0) is 0 Å². The molecule has 0 bridgehead atoms. The van der Waals surface area contributed by atoms with Crippen molar-refractivity contribution in [3.8, 4) is 0 Å². The molecule has 0 aromatic carbocycles. The summed E-state index contributed by atoms with van der Waals surface area (Å²) in [5, 5.41) is 0. The number of hydrogen-bond donors (Lipinski definition) is 0. The van der Waals surface area contributed by atoms with Crippen molar-refractivity contribution in [2.75, 3.05) is 0 Å². The first kappa shape index (κ1) is 45.2. The molecule has 0 unspecified atom stereocenters. The van der Waals surface area contributed by atoms with Crippen LogP contribution in [0.3, 0.4) is 0 Å². The van der Waals surface area contributed by atoms with Crippen molar-refractivity contribution in [3.63, 3.8) is 0 Å². The van der Waals surface area contributed by atoms with Gasteiger partial charge in [0.2, 0.25) is 0 Å². The topological polar surface area (TPSA) is 0 Å². The zero-order valence-corrected chi connectivity index (χ0v) is 10.4. The Labute approximate surface area is 90.6 Å². The molecule has 5 heteroatoms. The van der Waals surface area contributed by atoms with Crippen LogP contribution in [0.5, 0.6) is 0 Å². The Kier molecular flexibility index (Phi) is 260. The Morgan fingerprint density at radius 3 is 1.00 bits per heavy atom. The van der Waals surface area contributed by atoms with Crippen molar-refractivity contribution >= 4 is 23.9 Å². The minimum atomic E-state index is 0. The van der Waals surface area contributed by atoms with Crippen LogP contribution < -0.4 is 0 Å². The summed E-state index contributed by atoms with van der Waals surface area (Å²) in [4.78, 5) is 0. The average Bonchev–Trinajstić information content (AvgIpc) is 0. The van der Waals surface area contributed by atoms with Gasteiger partial charge in [-0.1, -0.05) is 0 Å². The van der Waals surface area contributed by atoms with E-state index in [4.69, 9.17) is 0 Å². The zero-order chi connectivity index (χ0) is 0. The van der Waals surface area contributed by atoms with E-state index in [1.165, 1.54) is 0 Å². The van der Waals surface area contributed by atoms with E-state index < -0.39 is 0 Å². The summed E-state index contributed by atoms with van der Waals surface area (Å²) >= 11 is 0. The van der Waals surface area contributed by atoms with Gasteiger partial charge < -0.3 is 0 Å². The summed E-state index contributed by atoms with van der Waals surface area (Å²) in [7, 11) is 0. The van der Waals surface area contributed by atoms with Crippen LogP contribution in [0.2, 0.25) is 0 Å². The van der Waals surface area contributed by atoms with Crippen LogP contribution in [0.25, 0.3) is 0 Å². The van der Waals surface area contributed by atoms with E-state index in [1.807, 2.05) is 0 Å².